The van der Waals surface area contributed by atoms with E-state index in [1.807, 2.05) is 36.5 Å². The zero-order chi connectivity index (χ0) is 16.2. The molecule has 2 aromatic carbocycles. The van der Waals surface area contributed by atoms with Gasteiger partial charge in [0, 0.05) is 32.8 Å². The molecule has 0 unspecified atom stereocenters. The summed E-state index contributed by atoms with van der Waals surface area (Å²) in [5.74, 6) is 0. The highest BCUT2D eigenvalue weighted by Crippen LogP contribution is 2.25. The molecule has 0 atom stereocenters. The van der Waals surface area contributed by atoms with Crippen molar-refractivity contribution in [2.45, 2.75) is 6.92 Å². The first-order valence-corrected chi connectivity index (χ1v) is 8.26. The number of anilines is 1. The molecule has 6 heteroatoms. The Hall–Kier alpha value is -2.18. The van der Waals surface area contributed by atoms with Gasteiger partial charge in [-0.3, -0.25) is 5.43 Å². The first kappa shape index (κ1) is 15.7. The molecule has 0 bridgehead atoms. The molecule has 0 spiro atoms. The summed E-state index contributed by atoms with van der Waals surface area (Å²) in [5, 5.41) is 8.84. The summed E-state index contributed by atoms with van der Waals surface area (Å²) in [6.07, 6.45) is 3.69. The normalized spacial score (nSPS) is 11.0. The van der Waals surface area contributed by atoms with Gasteiger partial charge in [0.25, 0.3) is 0 Å². The van der Waals surface area contributed by atoms with Crippen molar-refractivity contribution >= 4 is 56.1 Å². The van der Waals surface area contributed by atoms with Crippen LogP contribution in [-0.2, 0) is 0 Å². The van der Waals surface area contributed by atoms with Crippen LogP contribution in [-0.4, -0.2) is 16.3 Å². The number of hydrogen-bond donors (Lipinski definition) is 3. The molecule has 0 fully saturated rings. The Kier molecular flexibility index (Phi) is 4.73. The van der Waals surface area contributed by atoms with Crippen molar-refractivity contribution in [2.75, 3.05) is 5.32 Å². The highest BCUT2D eigenvalue weighted by molar-refractivity contribution is 9.10. The molecule has 1 aromatic heterocycles. The van der Waals surface area contributed by atoms with E-state index in [1.165, 1.54) is 5.56 Å². The number of benzene rings is 2. The van der Waals surface area contributed by atoms with Gasteiger partial charge in [0.05, 0.1) is 6.21 Å². The number of halogens is 1. The minimum atomic E-state index is 0.449. The predicted molar refractivity (Wildman–Crippen MR) is 104 cm³/mol. The lowest BCUT2D eigenvalue weighted by atomic mass is 10.1. The Labute approximate surface area is 148 Å². The van der Waals surface area contributed by atoms with Crippen molar-refractivity contribution in [3.05, 3.63) is 64.3 Å². The lowest BCUT2D eigenvalue weighted by Gasteiger charge is -2.06. The molecule has 0 saturated carbocycles. The van der Waals surface area contributed by atoms with Gasteiger partial charge in [-0.15, -0.1) is 0 Å². The van der Waals surface area contributed by atoms with Gasteiger partial charge in [0.1, 0.15) is 0 Å². The summed E-state index contributed by atoms with van der Waals surface area (Å²) in [6.45, 7) is 2.07. The molecule has 116 valence electrons. The second kappa shape index (κ2) is 6.93. The van der Waals surface area contributed by atoms with Crippen LogP contribution in [0.2, 0.25) is 0 Å². The van der Waals surface area contributed by atoms with Crippen LogP contribution in [0.1, 0.15) is 11.1 Å². The molecular weight excluding hydrogens is 372 g/mol. The predicted octanol–water partition coefficient (Wildman–Crippen LogP) is 4.56. The number of aromatic amines is 1. The van der Waals surface area contributed by atoms with Gasteiger partial charge in [-0.25, -0.2) is 0 Å². The number of hydrogen-bond acceptors (Lipinski definition) is 2. The average Bonchev–Trinajstić information content (AvgIpc) is 2.92. The Morgan fingerprint density at radius 2 is 2.04 bits per heavy atom. The van der Waals surface area contributed by atoms with Crippen LogP contribution in [0.5, 0.6) is 0 Å². The molecule has 0 radical (unpaired) electrons. The van der Waals surface area contributed by atoms with Crippen LogP contribution in [0, 0.1) is 6.92 Å². The van der Waals surface area contributed by atoms with Gasteiger partial charge < -0.3 is 10.3 Å². The maximum atomic E-state index is 5.22. The van der Waals surface area contributed by atoms with E-state index in [9.17, 15) is 0 Å². The molecule has 0 aliphatic carbocycles. The average molecular weight is 387 g/mol. The molecule has 3 rings (SSSR count). The van der Waals surface area contributed by atoms with Crippen LogP contribution in [0.3, 0.4) is 0 Å². The van der Waals surface area contributed by atoms with Gasteiger partial charge in [-0.2, -0.15) is 5.10 Å². The third kappa shape index (κ3) is 3.78. The Bertz CT molecular complexity index is 871. The number of aromatic nitrogens is 1. The SMILES string of the molecule is Cc1cc(Br)cc2c(/C=N\NC(=S)Nc3ccccc3)c[nH]c12. The maximum Gasteiger partial charge on any atom is 0.191 e. The molecule has 4 nitrogen and oxygen atoms in total. The van der Waals surface area contributed by atoms with Crippen molar-refractivity contribution < 1.29 is 0 Å². The first-order valence-electron chi connectivity index (χ1n) is 7.06. The fraction of sp³-hybridized carbons (Fsp3) is 0.0588. The van der Waals surface area contributed by atoms with Gasteiger partial charge >= 0.3 is 0 Å². The fourth-order valence-electron chi connectivity index (χ4n) is 2.34. The summed E-state index contributed by atoms with van der Waals surface area (Å²) >= 11 is 8.74. The van der Waals surface area contributed by atoms with Gasteiger partial charge in [0.15, 0.2) is 5.11 Å². The van der Waals surface area contributed by atoms with Crippen molar-refractivity contribution in [1.29, 1.82) is 0 Å². The lowest BCUT2D eigenvalue weighted by molar-refractivity contribution is 1.05. The van der Waals surface area contributed by atoms with E-state index < -0.39 is 0 Å². The number of thiocarbonyl (C=S) groups is 1. The third-order valence-corrected chi connectivity index (χ3v) is 4.04. The third-order valence-electron chi connectivity index (χ3n) is 3.38. The fourth-order valence-corrected chi connectivity index (χ4v) is 3.08. The number of nitrogens with zero attached hydrogens (tertiary/aromatic N) is 1. The van der Waals surface area contributed by atoms with E-state index in [0.29, 0.717) is 5.11 Å². The summed E-state index contributed by atoms with van der Waals surface area (Å²) in [5.41, 5.74) is 7.04. The van der Waals surface area contributed by atoms with Crippen LogP contribution in [0.25, 0.3) is 10.9 Å². The maximum absolute atomic E-state index is 5.22. The van der Waals surface area contributed by atoms with Crippen molar-refractivity contribution in [3.63, 3.8) is 0 Å². The zero-order valence-corrected chi connectivity index (χ0v) is 14.8. The topological polar surface area (TPSA) is 52.2 Å². The molecule has 3 N–H and O–H groups in total. The Balaban J connectivity index is 1.70. The highest BCUT2D eigenvalue weighted by Gasteiger charge is 2.05. The van der Waals surface area contributed by atoms with Crippen LogP contribution < -0.4 is 10.7 Å². The number of aryl methyl sites for hydroxylation is 1. The number of hydrazone groups is 1. The largest absolute Gasteiger partial charge is 0.360 e. The van der Waals surface area contributed by atoms with Crippen molar-refractivity contribution in [1.82, 2.24) is 10.4 Å². The molecule has 0 amide bonds. The molecule has 0 aliphatic rings. The summed E-state index contributed by atoms with van der Waals surface area (Å²) in [6, 6.07) is 13.9. The van der Waals surface area contributed by atoms with Crippen molar-refractivity contribution in [2.24, 2.45) is 5.10 Å². The van der Waals surface area contributed by atoms with E-state index in [1.54, 1.807) is 6.21 Å². The second-order valence-electron chi connectivity index (χ2n) is 5.08. The van der Waals surface area contributed by atoms with E-state index in [2.05, 4.69) is 55.8 Å². The second-order valence-corrected chi connectivity index (χ2v) is 6.40. The highest BCUT2D eigenvalue weighted by atomic mass is 79.9. The number of fused-ring (bicyclic) bond motifs is 1. The van der Waals surface area contributed by atoms with Gasteiger partial charge in [0.2, 0.25) is 0 Å². The molecule has 1 heterocycles. The molecule has 0 aliphatic heterocycles. The molecule has 3 aromatic rings. The van der Waals surface area contributed by atoms with E-state index in [4.69, 9.17) is 12.2 Å². The van der Waals surface area contributed by atoms with Crippen molar-refractivity contribution in [3.8, 4) is 0 Å². The van der Waals surface area contributed by atoms with E-state index in [0.717, 1.165) is 26.6 Å². The minimum Gasteiger partial charge on any atom is -0.360 e. The number of para-hydroxylation sites is 1. The molecule has 0 saturated heterocycles. The van der Waals surface area contributed by atoms with E-state index >= 15 is 0 Å². The lowest BCUT2D eigenvalue weighted by Crippen LogP contribution is -2.23. The molecule has 23 heavy (non-hydrogen) atoms. The smallest absolute Gasteiger partial charge is 0.191 e. The number of nitrogens with one attached hydrogen (secondary N) is 3. The number of rotatable bonds is 3. The van der Waals surface area contributed by atoms with Gasteiger partial charge in [-0.1, -0.05) is 34.1 Å². The molecular formula is C17H15BrN4S. The van der Waals surface area contributed by atoms with Crippen LogP contribution in [0.15, 0.2) is 58.2 Å². The minimum absolute atomic E-state index is 0.449. The Morgan fingerprint density at radius 3 is 2.83 bits per heavy atom. The van der Waals surface area contributed by atoms with Crippen LogP contribution >= 0.6 is 28.1 Å². The van der Waals surface area contributed by atoms with Gasteiger partial charge in [-0.05, 0) is 49.0 Å². The van der Waals surface area contributed by atoms with Crippen LogP contribution in [0.4, 0.5) is 5.69 Å². The number of H-pyrrole nitrogens is 1. The summed E-state index contributed by atoms with van der Waals surface area (Å²) < 4.78 is 1.05. The standard InChI is InChI=1S/C17H15BrN4S/c1-11-7-13(18)8-15-12(9-19-16(11)15)10-20-22-17(23)21-14-5-3-2-4-6-14/h2-10,19H,1H3,(H2,21,22,23)/b20-10-. The summed E-state index contributed by atoms with van der Waals surface area (Å²) in [4.78, 5) is 3.27. The Morgan fingerprint density at radius 1 is 1.26 bits per heavy atom. The monoisotopic (exact) mass is 386 g/mol. The zero-order valence-electron chi connectivity index (χ0n) is 12.4. The quantitative estimate of drug-likeness (QED) is 0.351. The first-order chi connectivity index (χ1) is 11.1. The summed E-state index contributed by atoms with van der Waals surface area (Å²) in [7, 11) is 0. The van der Waals surface area contributed by atoms with E-state index in [-0.39, 0.29) is 0 Å².